The summed E-state index contributed by atoms with van der Waals surface area (Å²) in [5.41, 5.74) is 3.56. The van der Waals surface area contributed by atoms with Gasteiger partial charge in [-0.05, 0) is 12.5 Å². The maximum atomic E-state index is 11.7. The average molecular weight is 213 g/mol. The molecule has 0 atom stereocenters. The zero-order valence-corrected chi connectivity index (χ0v) is 8.66. The van der Waals surface area contributed by atoms with E-state index in [1.54, 1.807) is 0 Å². The second-order valence-electron chi connectivity index (χ2n) is 3.78. The van der Waals surface area contributed by atoms with Crippen LogP contribution >= 0.6 is 0 Å². The molecule has 16 heavy (non-hydrogen) atoms. The van der Waals surface area contributed by atoms with E-state index in [1.165, 1.54) is 6.33 Å². The summed E-state index contributed by atoms with van der Waals surface area (Å²) in [6, 6.07) is 7.93. The quantitative estimate of drug-likeness (QED) is 0.695. The van der Waals surface area contributed by atoms with Crippen LogP contribution in [0.1, 0.15) is 5.56 Å². The van der Waals surface area contributed by atoms with E-state index >= 15 is 0 Å². The topological polar surface area (TPSA) is 57.8 Å². The van der Waals surface area contributed by atoms with Crippen LogP contribution in [-0.4, -0.2) is 16.5 Å². The molecule has 3 rings (SSSR count). The lowest BCUT2D eigenvalue weighted by Gasteiger charge is -2.06. The Morgan fingerprint density at radius 1 is 1.25 bits per heavy atom. The number of nitrogens with one attached hydrogen (secondary N) is 2. The van der Waals surface area contributed by atoms with Crippen LogP contribution in [0.5, 0.6) is 0 Å². The Balaban J connectivity index is 2.34. The van der Waals surface area contributed by atoms with Crippen LogP contribution in [0.4, 0.5) is 5.69 Å². The second-order valence-corrected chi connectivity index (χ2v) is 3.78. The lowest BCUT2D eigenvalue weighted by Crippen LogP contribution is -2.16. The molecule has 0 spiro atoms. The monoisotopic (exact) mass is 213 g/mol. The number of para-hydroxylation sites is 1. The molecular weight excluding hydrogens is 202 g/mol. The number of benzene rings is 1. The third kappa shape index (κ3) is 1.31. The minimum absolute atomic E-state index is 0.0384. The van der Waals surface area contributed by atoms with Crippen molar-refractivity contribution < 1.29 is 0 Å². The molecule has 80 valence electrons. The summed E-state index contributed by atoms with van der Waals surface area (Å²) >= 11 is 0. The fourth-order valence-electron chi connectivity index (χ4n) is 2.06. The summed E-state index contributed by atoms with van der Waals surface area (Å²) < 4.78 is 0. The Hall–Kier alpha value is -2.10. The van der Waals surface area contributed by atoms with Crippen LogP contribution in [0, 0.1) is 0 Å². The van der Waals surface area contributed by atoms with Crippen molar-refractivity contribution in [1.82, 2.24) is 9.97 Å². The molecule has 0 radical (unpaired) electrons. The number of nitrogens with zero attached hydrogens (tertiary/aromatic N) is 1. The van der Waals surface area contributed by atoms with Crippen molar-refractivity contribution in [3.05, 3.63) is 46.5 Å². The summed E-state index contributed by atoms with van der Waals surface area (Å²) in [5, 5.41) is 3.31. The van der Waals surface area contributed by atoms with Gasteiger partial charge in [-0.15, -0.1) is 0 Å². The maximum Gasteiger partial charge on any atom is 0.254 e. The zero-order valence-electron chi connectivity index (χ0n) is 8.66. The van der Waals surface area contributed by atoms with Gasteiger partial charge in [0.1, 0.15) is 0 Å². The molecule has 0 bridgehead atoms. The van der Waals surface area contributed by atoms with Gasteiger partial charge in [0.25, 0.3) is 5.56 Å². The standard InChI is InChI=1S/C12H11N3O/c16-12-9-5-6-13-10-4-2-1-3-8(10)11(9)14-7-15-12/h1-4,7,13H,5-6H2,(H,14,15,16). The molecule has 1 aliphatic heterocycles. The van der Waals surface area contributed by atoms with Crippen molar-refractivity contribution in [2.45, 2.75) is 6.42 Å². The van der Waals surface area contributed by atoms with Gasteiger partial charge in [-0.25, -0.2) is 4.98 Å². The van der Waals surface area contributed by atoms with Gasteiger partial charge in [0.05, 0.1) is 12.0 Å². The predicted molar refractivity (Wildman–Crippen MR) is 62.5 cm³/mol. The van der Waals surface area contributed by atoms with Crippen LogP contribution in [-0.2, 0) is 6.42 Å². The van der Waals surface area contributed by atoms with E-state index in [2.05, 4.69) is 15.3 Å². The van der Waals surface area contributed by atoms with E-state index in [0.717, 1.165) is 29.1 Å². The molecule has 0 unspecified atom stereocenters. The SMILES string of the molecule is O=c1[nH]cnc2c1CCNc1ccccc1-2. The van der Waals surface area contributed by atoms with E-state index in [4.69, 9.17) is 0 Å². The summed E-state index contributed by atoms with van der Waals surface area (Å²) in [5.74, 6) is 0. The predicted octanol–water partition coefficient (Wildman–Crippen LogP) is 1.40. The van der Waals surface area contributed by atoms with E-state index in [1.807, 2.05) is 24.3 Å². The van der Waals surface area contributed by atoms with Gasteiger partial charge in [0.15, 0.2) is 0 Å². The van der Waals surface area contributed by atoms with Crippen molar-refractivity contribution in [2.24, 2.45) is 0 Å². The first-order valence-electron chi connectivity index (χ1n) is 5.26. The van der Waals surface area contributed by atoms with Gasteiger partial charge in [0.2, 0.25) is 0 Å². The highest BCUT2D eigenvalue weighted by molar-refractivity contribution is 5.78. The zero-order chi connectivity index (χ0) is 11.0. The van der Waals surface area contributed by atoms with Crippen LogP contribution in [0.15, 0.2) is 35.4 Å². The normalized spacial score (nSPS) is 13.2. The number of aromatic amines is 1. The third-order valence-electron chi connectivity index (χ3n) is 2.82. The molecule has 0 saturated carbocycles. The fourth-order valence-corrected chi connectivity index (χ4v) is 2.06. The van der Waals surface area contributed by atoms with Gasteiger partial charge in [-0.2, -0.15) is 0 Å². The molecule has 0 saturated heterocycles. The van der Waals surface area contributed by atoms with Gasteiger partial charge in [-0.3, -0.25) is 4.79 Å². The summed E-state index contributed by atoms with van der Waals surface area (Å²) in [7, 11) is 0. The molecule has 4 nitrogen and oxygen atoms in total. The molecule has 1 aromatic carbocycles. The van der Waals surface area contributed by atoms with Crippen molar-refractivity contribution in [3.63, 3.8) is 0 Å². The van der Waals surface area contributed by atoms with Gasteiger partial charge >= 0.3 is 0 Å². The fraction of sp³-hybridized carbons (Fsp3) is 0.167. The summed E-state index contributed by atoms with van der Waals surface area (Å²) in [4.78, 5) is 18.6. The third-order valence-corrected chi connectivity index (χ3v) is 2.82. The van der Waals surface area contributed by atoms with Crippen LogP contribution in [0.2, 0.25) is 0 Å². The Morgan fingerprint density at radius 3 is 3.06 bits per heavy atom. The smallest absolute Gasteiger partial charge is 0.254 e. The van der Waals surface area contributed by atoms with Gasteiger partial charge < -0.3 is 10.3 Å². The highest BCUT2D eigenvalue weighted by Crippen LogP contribution is 2.29. The maximum absolute atomic E-state index is 11.7. The Kier molecular flexibility index (Phi) is 1.99. The van der Waals surface area contributed by atoms with E-state index in [-0.39, 0.29) is 5.56 Å². The van der Waals surface area contributed by atoms with Crippen molar-refractivity contribution in [2.75, 3.05) is 11.9 Å². The molecular formula is C12H11N3O. The second kappa shape index (κ2) is 3.48. The highest BCUT2D eigenvalue weighted by atomic mass is 16.1. The summed E-state index contributed by atoms with van der Waals surface area (Å²) in [6.07, 6.45) is 2.16. The number of fused-ring (bicyclic) bond motifs is 3. The van der Waals surface area contributed by atoms with Crippen molar-refractivity contribution in [1.29, 1.82) is 0 Å². The first-order chi connectivity index (χ1) is 7.86. The first kappa shape index (κ1) is 9.15. The first-order valence-corrected chi connectivity index (χ1v) is 5.26. The molecule has 2 N–H and O–H groups in total. The van der Waals surface area contributed by atoms with Crippen LogP contribution < -0.4 is 10.9 Å². The highest BCUT2D eigenvalue weighted by Gasteiger charge is 2.16. The van der Waals surface area contributed by atoms with Crippen molar-refractivity contribution >= 4 is 5.69 Å². The number of anilines is 1. The lowest BCUT2D eigenvalue weighted by molar-refractivity contribution is 0.972. The van der Waals surface area contributed by atoms with Crippen LogP contribution in [0.3, 0.4) is 0 Å². The Labute approximate surface area is 92.4 Å². The van der Waals surface area contributed by atoms with Gasteiger partial charge in [-0.1, -0.05) is 18.2 Å². The van der Waals surface area contributed by atoms with E-state index < -0.39 is 0 Å². The Bertz CT molecular complexity index is 589. The van der Waals surface area contributed by atoms with Crippen molar-refractivity contribution in [3.8, 4) is 11.3 Å². The molecule has 2 heterocycles. The van der Waals surface area contributed by atoms with Crippen LogP contribution in [0.25, 0.3) is 11.3 Å². The molecule has 0 aliphatic carbocycles. The molecule has 0 amide bonds. The minimum Gasteiger partial charge on any atom is -0.384 e. The number of H-pyrrole nitrogens is 1. The molecule has 0 fully saturated rings. The largest absolute Gasteiger partial charge is 0.384 e. The Morgan fingerprint density at radius 2 is 2.12 bits per heavy atom. The van der Waals surface area contributed by atoms with Gasteiger partial charge in [0, 0.05) is 23.4 Å². The molecule has 4 heteroatoms. The summed E-state index contributed by atoms with van der Waals surface area (Å²) in [6.45, 7) is 0.763. The van der Waals surface area contributed by atoms with E-state index in [9.17, 15) is 4.79 Å². The number of hydrogen-bond donors (Lipinski definition) is 2. The van der Waals surface area contributed by atoms with E-state index in [0.29, 0.717) is 6.42 Å². The number of rotatable bonds is 0. The number of hydrogen-bond acceptors (Lipinski definition) is 3. The minimum atomic E-state index is -0.0384. The lowest BCUT2D eigenvalue weighted by atomic mass is 10.1. The number of aromatic nitrogens is 2. The molecule has 2 aromatic rings. The molecule has 1 aromatic heterocycles. The molecule has 1 aliphatic rings. The average Bonchev–Trinajstić information content (AvgIpc) is 2.50.